The first-order valence-electron chi connectivity index (χ1n) is 6.16. The van der Waals surface area contributed by atoms with Crippen LogP contribution >= 0.6 is 0 Å². The molecule has 0 aromatic carbocycles. The number of aliphatic hydroxyl groups excluding tert-OH is 1. The lowest BCUT2D eigenvalue weighted by atomic mass is 9.99. The topological polar surface area (TPSA) is 33.1 Å². The number of hydrogen-bond acceptors (Lipinski definition) is 2. The van der Waals surface area contributed by atoms with Crippen LogP contribution in [0.1, 0.15) is 56.3 Å². The van der Waals surface area contributed by atoms with Gasteiger partial charge in [0.25, 0.3) is 0 Å². The molecular formula is C13H18F3NO. The zero-order chi connectivity index (χ0) is 13.6. The summed E-state index contributed by atoms with van der Waals surface area (Å²) < 4.78 is 38.1. The van der Waals surface area contributed by atoms with E-state index >= 15 is 0 Å². The Morgan fingerprint density at radius 3 is 2.61 bits per heavy atom. The van der Waals surface area contributed by atoms with E-state index in [1.807, 2.05) is 0 Å². The molecule has 0 saturated carbocycles. The predicted octanol–water partition coefficient (Wildman–Crippen LogP) is 4.10. The van der Waals surface area contributed by atoms with Crippen molar-refractivity contribution in [3.05, 3.63) is 29.6 Å². The van der Waals surface area contributed by atoms with Gasteiger partial charge in [0.2, 0.25) is 0 Å². The molecule has 0 fully saturated rings. The molecule has 5 heteroatoms. The highest BCUT2D eigenvalue weighted by molar-refractivity contribution is 5.28. The second kappa shape index (κ2) is 6.73. The molecule has 0 bridgehead atoms. The Balaban J connectivity index is 2.70. The molecule has 1 N–H and O–H groups in total. The van der Waals surface area contributed by atoms with Crippen LogP contribution in [-0.2, 0) is 6.18 Å². The van der Waals surface area contributed by atoms with Crippen LogP contribution in [0.4, 0.5) is 13.2 Å². The van der Waals surface area contributed by atoms with Gasteiger partial charge in [0, 0.05) is 18.0 Å². The molecular weight excluding hydrogens is 243 g/mol. The van der Waals surface area contributed by atoms with E-state index in [4.69, 9.17) is 0 Å². The summed E-state index contributed by atoms with van der Waals surface area (Å²) in [6.45, 7) is 2.05. The predicted molar refractivity (Wildman–Crippen MR) is 63.0 cm³/mol. The van der Waals surface area contributed by atoms with Crippen molar-refractivity contribution in [2.75, 3.05) is 0 Å². The van der Waals surface area contributed by atoms with Crippen LogP contribution in [0.5, 0.6) is 0 Å². The van der Waals surface area contributed by atoms with Crippen LogP contribution in [0.2, 0.25) is 0 Å². The third-order valence-corrected chi connectivity index (χ3v) is 2.85. The van der Waals surface area contributed by atoms with Crippen LogP contribution < -0.4 is 0 Å². The molecule has 1 atom stereocenters. The Kier molecular flexibility index (Phi) is 5.59. The van der Waals surface area contributed by atoms with E-state index in [0.717, 1.165) is 44.1 Å². The molecule has 2 nitrogen and oxygen atoms in total. The molecule has 1 unspecified atom stereocenters. The van der Waals surface area contributed by atoms with E-state index in [0.29, 0.717) is 6.42 Å². The van der Waals surface area contributed by atoms with Gasteiger partial charge in [-0.15, -0.1) is 0 Å². The second-order valence-electron chi connectivity index (χ2n) is 4.33. The quantitative estimate of drug-likeness (QED) is 0.782. The third kappa shape index (κ3) is 4.29. The molecule has 1 rings (SSSR count). The van der Waals surface area contributed by atoms with E-state index in [2.05, 4.69) is 11.9 Å². The summed E-state index contributed by atoms with van der Waals surface area (Å²) in [7, 11) is 0. The van der Waals surface area contributed by atoms with Crippen LogP contribution in [0.15, 0.2) is 18.5 Å². The Bertz CT molecular complexity index is 365. The van der Waals surface area contributed by atoms with Crippen molar-refractivity contribution in [1.82, 2.24) is 4.98 Å². The van der Waals surface area contributed by atoms with E-state index in [1.165, 1.54) is 0 Å². The van der Waals surface area contributed by atoms with Crippen molar-refractivity contribution >= 4 is 0 Å². The zero-order valence-electron chi connectivity index (χ0n) is 10.4. The molecule has 0 radical (unpaired) electrons. The van der Waals surface area contributed by atoms with E-state index in [9.17, 15) is 18.3 Å². The summed E-state index contributed by atoms with van der Waals surface area (Å²) >= 11 is 0. The minimum Gasteiger partial charge on any atom is -0.388 e. The van der Waals surface area contributed by atoms with Crippen molar-refractivity contribution in [3.8, 4) is 0 Å². The largest absolute Gasteiger partial charge is 0.416 e. The summed E-state index contributed by atoms with van der Waals surface area (Å²) in [5.41, 5.74) is -0.915. The molecule has 0 aliphatic rings. The summed E-state index contributed by atoms with van der Waals surface area (Å²) in [4.78, 5) is 3.66. The average Bonchev–Trinajstić information content (AvgIpc) is 2.33. The van der Waals surface area contributed by atoms with Crippen LogP contribution in [0.25, 0.3) is 0 Å². The molecule has 1 aromatic rings. The summed E-state index contributed by atoms with van der Waals surface area (Å²) in [5, 5.41) is 9.82. The maximum atomic E-state index is 12.7. The highest BCUT2D eigenvalue weighted by Crippen LogP contribution is 2.35. The van der Waals surface area contributed by atoms with Crippen LogP contribution in [-0.4, -0.2) is 10.1 Å². The number of alkyl halides is 3. The summed E-state index contributed by atoms with van der Waals surface area (Å²) in [5.74, 6) is 0. The van der Waals surface area contributed by atoms with Crippen LogP contribution in [0.3, 0.4) is 0 Å². The Morgan fingerprint density at radius 2 is 2.00 bits per heavy atom. The minimum atomic E-state index is -4.44. The maximum absolute atomic E-state index is 12.7. The maximum Gasteiger partial charge on any atom is 0.416 e. The highest BCUT2D eigenvalue weighted by Gasteiger charge is 2.34. The highest BCUT2D eigenvalue weighted by atomic mass is 19.4. The third-order valence-electron chi connectivity index (χ3n) is 2.85. The van der Waals surface area contributed by atoms with Gasteiger partial charge in [0.1, 0.15) is 0 Å². The van der Waals surface area contributed by atoms with Gasteiger partial charge in [-0.25, -0.2) is 0 Å². The first-order valence-corrected chi connectivity index (χ1v) is 6.16. The van der Waals surface area contributed by atoms with Crippen LogP contribution in [0, 0.1) is 0 Å². The van der Waals surface area contributed by atoms with Gasteiger partial charge in [0.15, 0.2) is 0 Å². The number of aliphatic hydroxyl groups is 1. The van der Waals surface area contributed by atoms with E-state index in [1.54, 1.807) is 0 Å². The monoisotopic (exact) mass is 261 g/mol. The lowest BCUT2D eigenvalue weighted by Gasteiger charge is -2.16. The Labute approximate surface area is 105 Å². The number of hydrogen-bond donors (Lipinski definition) is 1. The molecule has 102 valence electrons. The second-order valence-corrected chi connectivity index (χ2v) is 4.33. The van der Waals surface area contributed by atoms with Crippen molar-refractivity contribution in [1.29, 1.82) is 0 Å². The Morgan fingerprint density at radius 1 is 1.28 bits per heavy atom. The lowest BCUT2D eigenvalue weighted by molar-refractivity contribution is -0.139. The van der Waals surface area contributed by atoms with Gasteiger partial charge >= 0.3 is 6.18 Å². The number of aromatic nitrogens is 1. The van der Waals surface area contributed by atoms with Crippen molar-refractivity contribution in [2.45, 2.75) is 51.3 Å². The molecule has 18 heavy (non-hydrogen) atoms. The number of rotatable bonds is 6. The molecule has 1 heterocycles. The van der Waals surface area contributed by atoms with Gasteiger partial charge in [0.05, 0.1) is 11.7 Å². The normalized spacial score (nSPS) is 13.6. The number of unbranched alkanes of at least 4 members (excludes halogenated alkanes) is 3. The number of nitrogens with zero attached hydrogens (tertiary/aromatic N) is 1. The molecule has 0 aliphatic carbocycles. The first kappa shape index (κ1) is 15.0. The molecule has 1 aromatic heterocycles. The molecule has 0 aliphatic heterocycles. The fourth-order valence-corrected chi connectivity index (χ4v) is 1.85. The summed E-state index contributed by atoms with van der Waals surface area (Å²) in [6, 6.07) is 0.907. The van der Waals surface area contributed by atoms with Crippen molar-refractivity contribution in [3.63, 3.8) is 0 Å². The average molecular weight is 261 g/mol. The first-order chi connectivity index (χ1) is 8.46. The van der Waals surface area contributed by atoms with Gasteiger partial charge < -0.3 is 5.11 Å². The number of halogens is 3. The fraction of sp³-hybridized carbons (Fsp3) is 0.615. The lowest BCUT2D eigenvalue weighted by Crippen LogP contribution is -2.12. The SMILES string of the molecule is CCCCCCC(O)c1cnccc1C(F)(F)F. The Hall–Kier alpha value is -1.10. The number of pyridine rings is 1. The standard InChI is InChI=1S/C13H18F3NO/c1-2-3-4-5-6-12(18)10-9-17-8-7-11(10)13(14,15)16/h7-9,12,18H,2-6H2,1H3. The van der Waals surface area contributed by atoms with E-state index < -0.39 is 17.8 Å². The molecule has 0 spiro atoms. The van der Waals surface area contributed by atoms with E-state index in [-0.39, 0.29) is 5.56 Å². The summed E-state index contributed by atoms with van der Waals surface area (Å²) in [6.07, 6.45) is 0.743. The van der Waals surface area contributed by atoms with Crippen molar-refractivity contribution < 1.29 is 18.3 Å². The fourth-order valence-electron chi connectivity index (χ4n) is 1.85. The molecule has 0 saturated heterocycles. The zero-order valence-corrected chi connectivity index (χ0v) is 10.4. The van der Waals surface area contributed by atoms with Gasteiger partial charge in [-0.05, 0) is 12.5 Å². The molecule has 0 amide bonds. The van der Waals surface area contributed by atoms with Gasteiger partial charge in [-0.2, -0.15) is 13.2 Å². The van der Waals surface area contributed by atoms with Gasteiger partial charge in [-0.3, -0.25) is 4.98 Å². The van der Waals surface area contributed by atoms with Gasteiger partial charge in [-0.1, -0.05) is 32.6 Å². The smallest absolute Gasteiger partial charge is 0.388 e. The minimum absolute atomic E-state index is 0.124. The van der Waals surface area contributed by atoms with Crippen molar-refractivity contribution in [2.24, 2.45) is 0 Å².